The van der Waals surface area contributed by atoms with E-state index in [9.17, 15) is 4.79 Å². The maximum Gasteiger partial charge on any atom is 0.344 e. The van der Waals surface area contributed by atoms with Gasteiger partial charge in [-0.1, -0.05) is 6.07 Å². The van der Waals surface area contributed by atoms with Gasteiger partial charge in [-0.15, -0.1) is 0 Å². The number of ether oxygens (including phenoxy) is 1. The lowest BCUT2D eigenvalue weighted by Crippen LogP contribution is -2.29. The predicted molar refractivity (Wildman–Crippen MR) is 68.8 cm³/mol. The number of nitrogens with two attached hydrogens (primary N) is 1. The number of carboxylic acid groups (broad SMARTS) is 1. The largest absolute Gasteiger partial charge is 0.479 e. The molecule has 0 saturated heterocycles. The van der Waals surface area contributed by atoms with E-state index < -0.39 is 12.1 Å². The maximum atomic E-state index is 11.0. The highest BCUT2D eigenvalue weighted by Crippen LogP contribution is 2.26. The summed E-state index contributed by atoms with van der Waals surface area (Å²) in [5.74, 6) is -0.324. The van der Waals surface area contributed by atoms with Crippen LogP contribution in [0.4, 0.5) is 0 Å². The van der Waals surface area contributed by atoms with E-state index in [2.05, 4.69) is 0 Å². The number of aliphatic carboxylic acids is 1. The third-order valence-electron chi connectivity index (χ3n) is 3.30. The summed E-state index contributed by atoms with van der Waals surface area (Å²) >= 11 is 0. The van der Waals surface area contributed by atoms with Gasteiger partial charge in [0, 0.05) is 6.42 Å². The number of rotatable bonds is 5. The molecule has 0 aromatic heterocycles. The second kappa shape index (κ2) is 5.87. The molecule has 0 saturated carbocycles. The molecule has 1 aliphatic carbocycles. The number of benzene rings is 1. The van der Waals surface area contributed by atoms with Crippen molar-refractivity contribution in [1.82, 2.24) is 0 Å². The molecule has 1 aromatic rings. The highest BCUT2D eigenvalue weighted by molar-refractivity contribution is 5.72. The van der Waals surface area contributed by atoms with E-state index in [1.165, 1.54) is 24.0 Å². The molecule has 0 fully saturated rings. The molecule has 4 nitrogen and oxygen atoms in total. The van der Waals surface area contributed by atoms with Crippen molar-refractivity contribution in [2.24, 2.45) is 5.73 Å². The van der Waals surface area contributed by atoms with Gasteiger partial charge in [-0.2, -0.15) is 0 Å². The number of aryl methyl sites for hydroxylation is 2. The number of carbonyl (C=O) groups is 1. The normalized spacial score (nSPS) is 15.8. The second-order valence-electron chi connectivity index (χ2n) is 4.66. The minimum absolute atomic E-state index is 0.307. The third-order valence-corrected chi connectivity index (χ3v) is 3.30. The van der Waals surface area contributed by atoms with E-state index in [1.54, 1.807) is 0 Å². The summed E-state index contributed by atoms with van der Waals surface area (Å²) in [5, 5.41) is 9.02. The van der Waals surface area contributed by atoms with Crippen molar-refractivity contribution in [2.45, 2.75) is 38.2 Å². The highest BCUT2D eigenvalue weighted by Gasteiger charge is 2.19. The first-order valence-corrected chi connectivity index (χ1v) is 6.42. The van der Waals surface area contributed by atoms with Crippen LogP contribution >= 0.6 is 0 Å². The molecule has 1 aliphatic rings. The number of carboxylic acids is 1. The van der Waals surface area contributed by atoms with Gasteiger partial charge in [0.2, 0.25) is 0 Å². The molecule has 0 radical (unpaired) electrons. The molecular formula is C14H19NO3. The van der Waals surface area contributed by atoms with E-state index >= 15 is 0 Å². The molecule has 0 aliphatic heterocycles. The Morgan fingerprint density at radius 2 is 2.06 bits per heavy atom. The van der Waals surface area contributed by atoms with Gasteiger partial charge in [-0.3, -0.25) is 0 Å². The van der Waals surface area contributed by atoms with Crippen LogP contribution in [-0.4, -0.2) is 23.7 Å². The fourth-order valence-corrected chi connectivity index (χ4v) is 2.33. The Morgan fingerprint density at radius 1 is 1.33 bits per heavy atom. The van der Waals surface area contributed by atoms with Crippen LogP contribution in [0.3, 0.4) is 0 Å². The quantitative estimate of drug-likeness (QED) is 0.833. The van der Waals surface area contributed by atoms with Gasteiger partial charge in [0.25, 0.3) is 0 Å². The molecule has 98 valence electrons. The first kappa shape index (κ1) is 12.9. The third kappa shape index (κ3) is 3.01. The van der Waals surface area contributed by atoms with Crippen molar-refractivity contribution < 1.29 is 14.6 Å². The van der Waals surface area contributed by atoms with Crippen molar-refractivity contribution in [3.05, 3.63) is 29.3 Å². The molecule has 2 rings (SSSR count). The zero-order valence-corrected chi connectivity index (χ0v) is 10.4. The molecular weight excluding hydrogens is 230 g/mol. The lowest BCUT2D eigenvalue weighted by molar-refractivity contribution is -0.145. The van der Waals surface area contributed by atoms with Gasteiger partial charge >= 0.3 is 5.97 Å². The Morgan fingerprint density at radius 3 is 2.72 bits per heavy atom. The van der Waals surface area contributed by atoms with Gasteiger partial charge in [-0.05, 0) is 55.5 Å². The van der Waals surface area contributed by atoms with E-state index in [1.807, 2.05) is 18.2 Å². The Labute approximate surface area is 107 Å². The monoisotopic (exact) mass is 249 g/mol. The minimum Gasteiger partial charge on any atom is -0.479 e. The molecule has 0 amide bonds. The molecule has 3 N–H and O–H groups in total. The molecule has 1 aromatic carbocycles. The fourth-order valence-electron chi connectivity index (χ4n) is 2.33. The Kier molecular flexibility index (Phi) is 4.20. The Bertz CT molecular complexity index is 431. The van der Waals surface area contributed by atoms with Crippen molar-refractivity contribution in [2.75, 3.05) is 6.54 Å². The summed E-state index contributed by atoms with van der Waals surface area (Å²) in [5.41, 5.74) is 8.04. The first-order valence-electron chi connectivity index (χ1n) is 6.42. The van der Waals surface area contributed by atoms with E-state index in [-0.39, 0.29) is 0 Å². The Balaban J connectivity index is 2.11. The lowest BCUT2D eigenvalue weighted by atomic mass is 9.92. The van der Waals surface area contributed by atoms with Crippen molar-refractivity contribution in [1.29, 1.82) is 0 Å². The van der Waals surface area contributed by atoms with Crippen LogP contribution in [-0.2, 0) is 17.6 Å². The average molecular weight is 249 g/mol. The van der Waals surface area contributed by atoms with E-state index in [4.69, 9.17) is 15.6 Å². The fraction of sp³-hybridized carbons (Fsp3) is 0.500. The number of hydrogen-bond acceptors (Lipinski definition) is 3. The molecule has 1 unspecified atom stereocenters. The molecule has 18 heavy (non-hydrogen) atoms. The van der Waals surface area contributed by atoms with Crippen LogP contribution in [0.1, 0.15) is 30.4 Å². The van der Waals surface area contributed by atoms with Crippen LogP contribution in [0.15, 0.2) is 18.2 Å². The first-order chi connectivity index (χ1) is 8.70. The van der Waals surface area contributed by atoms with Gasteiger partial charge in [0.1, 0.15) is 5.75 Å². The predicted octanol–water partition coefficient (Wildman–Crippen LogP) is 1.75. The van der Waals surface area contributed by atoms with Gasteiger partial charge in [0.15, 0.2) is 6.10 Å². The summed E-state index contributed by atoms with van der Waals surface area (Å²) in [6.07, 6.45) is 4.07. The zero-order valence-electron chi connectivity index (χ0n) is 10.4. The van der Waals surface area contributed by atoms with Gasteiger partial charge in [-0.25, -0.2) is 4.79 Å². The van der Waals surface area contributed by atoms with Crippen LogP contribution in [0.5, 0.6) is 5.75 Å². The molecule has 0 spiro atoms. The summed E-state index contributed by atoms with van der Waals surface area (Å²) in [7, 11) is 0. The SMILES string of the molecule is NCCC(Oc1ccc2c(c1)CCCC2)C(=O)O. The van der Waals surface area contributed by atoms with E-state index in [0.29, 0.717) is 18.7 Å². The van der Waals surface area contributed by atoms with Gasteiger partial charge in [0.05, 0.1) is 0 Å². The molecule has 0 bridgehead atoms. The molecule has 1 atom stereocenters. The minimum atomic E-state index is -0.960. The van der Waals surface area contributed by atoms with Gasteiger partial charge < -0.3 is 15.6 Å². The Hall–Kier alpha value is -1.55. The van der Waals surface area contributed by atoms with Crippen LogP contribution in [0.2, 0.25) is 0 Å². The van der Waals surface area contributed by atoms with Crippen LogP contribution in [0.25, 0.3) is 0 Å². The van der Waals surface area contributed by atoms with Crippen LogP contribution in [0, 0.1) is 0 Å². The second-order valence-corrected chi connectivity index (χ2v) is 4.66. The number of fused-ring (bicyclic) bond motifs is 1. The lowest BCUT2D eigenvalue weighted by Gasteiger charge is -2.19. The average Bonchev–Trinajstić information content (AvgIpc) is 2.38. The topological polar surface area (TPSA) is 72.5 Å². The van der Waals surface area contributed by atoms with Crippen molar-refractivity contribution in [3.63, 3.8) is 0 Å². The summed E-state index contributed by atoms with van der Waals surface area (Å²) in [6.45, 7) is 0.307. The standard InChI is InChI=1S/C14H19NO3/c15-8-7-13(14(16)17)18-12-6-5-10-3-1-2-4-11(10)9-12/h5-6,9,13H,1-4,7-8,15H2,(H,16,17). The van der Waals surface area contributed by atoms with E-state index in [0.717, 1.165) is 12.8 Å². The maximum absolute atomic E-state index is 11.0. The molecule has 0 heterocycles. The van der Waals surface area contributed by atoms with Crippen molar-refractivity contribution in [3.8, 4) is 5.75 Å². The smallest absolute Gasteiger partial charge is 0.344 e. The number of hydrogen-bond donors (Lipinski definition) is 2. The summed E-state index contributed by atoms with van der Waals surface area (Å²) in [4.78, 5) is 11.0. The van der Waals surface area contributed by atoms with Crippen molar-refractivity contribution >= 4 is 5.97 Å². The molecule has 4 heteroatoms. The summed E-state index contributed by atoms with van der Waals surface area (Å²) in [6, 6.07) is 5.88. The zero-order chi connectivity index (χ0) is 13.0. The van der Waals surface area contributed by atoms with Crippen LogP contribution < -0.4 is 10.5 Å². The summed E-state index contributed by atoms with van der Waals surface area (Å²) < 4.78 is 5.50. The highest BCUT2D eigenvalue weighted by atomic mass is 16.5.